The molecular weight excluding hydrogens is 356 g/mol. The predicted octanol–water partition coefficient (Wildman–Crippen LogP) is 0.0603. The Balaban J connectivity index is 1.40. The highest BCUT2D eigenvalue weighted by Gasteiger charge is 2.31. The number of aliphatic imine (C=N–C) groups is 1. The summed E-state index contributed by atoms with van der Waals surface area (Å²) < 4.78 is 0. The van der Waals surface area contributed by atoms with Crippen LogP contribution in [0.4, 0.5) is 0 Å². The summed E-state index contributed by atoms with van der Waals surface area (Å²) in [7, 11) is 0. The van der Waals surface area contributed by atoms with Crippen molar-refractivity contribution in [1.82, 2.24) is 24.9 Å². The van der Waals surface area contributed by atoms with Gasteiger partial charge in [-0.1, -0.05) is 6.42 Å². The standard InChI is InChI=1S/C20H36N6O2/c1-3-21-20(26-15-13-24(14-16-26)17(2)27)22-7-8-23-9-11-25(12-10-23)19(28)18-5-4-6-18/h18H,3-16H2,1-2H3,(H,21,22). The second kappa shape index (κ2) is 10.1. The Labute approximate surface area is 168 Å². The zero-order valence-corrected chi connectivity index (χ0v) is 17.5. The number of hydrogen-bond donors (Lipinski definition) is 1. The molecule has 0 aromatic rings. The Morgan fingerprint density at radius 3 is 2.07 bits per heavy atom. The maximum absolute atomic E-state index is 12.3. The van der Waals surface area contributed by atoms with E-state index in [1.165, 1.54) is 6.42 Å². The van der Waals surface area contributed by atoms with Crippen LogP contribution < -0.4 is 5.32 Å². The topological polar surface area (TPSA) is 71.5 Å². The van der Waals surface area contributed by atoms with E-state index in [4.69, 9.17) is 4.99 Å². The summed E-state index contributed by atoms with van der Waals surface area (Å²) in [5, 5.41) is 3.38. The van der Waals surface area contributed by atoms with Crippen LogP contribution in [0.2, 0.25) is 0 Å². The molecule has 2 saturated heterocycles. The van der Waals surface area contributed by atoms with Gasteiger partial charge in [-0.25, -0.2) is 0 Å². The van der Waals surface area contributed by atoms with Gasteiger partial charge in [0.1, 0.15) is 0 Å². The molecule has 0 aromatic heterocycles. The molecule has 1 saturated carbocycles. The normalized spacial score (nSPS) is 22.2. The van der Waals surface area contributed by atoms with Crippen molar-refractivity contribution in [2.24, 2.45) is 10.9 Å². The summed E-state index contributed by atoms with van der Waals surface area (Å²) in [4.78, 5) is 37.3. The first-order valence-electron chi connectivity index (χ1n) is 10.9. The summed E-state index contributed by atoms with van der Waals surface area (Å²) in [6.07, 6.45) is 3.38. The third-order valence-electron chi connectivity index (χ3n) is 6.18. The van der Waals surface area contributed by atoms with Crippen molar-refractivity contribution >= 4 is 17.8 Å². The molecule has 2 heterocycles. The summed E-state index contributed by atoms with van der Waals surface area (Å²) in [6.45, 7) is 13.0. The quantitative estimate of drug-likeness (QED) is 0.529. The van der Waals surface area contributed by atoms with Gasteiger partial charge in [-0.15, -0.1) is 0 Å². The first-order valence-corrected chi connectivity index (χ1v) is 10.9. The van der Waals surface area contributed by atoms with E-state index < -0.39 is 0 Å². The van der Waals surface area contributed by atoms with Gasteiger partial charge in [-0.2, -0.15) is 0 Å². The van der Waals surface area contributed by atoms with Crippen LogP contribution in [0.5, 0.6) is 0 Å². The first-order chi connectivity index (χ1) is 13.6. The first kappa shape index (κ1) is 20.9. The van der Waals surface area contributed by atoms with Gasteiger partial charge in [0, 0.05) is 78.3 Å². The number of hydrogen-bond acceptors (Lipinski definition) is 4. The number of amides is 2. The van der Waals surface area contributed by atoms with E-state index in [0.717, 1.165) is 90.8 Å². The Hall–Kier alpha value is -1.83. The van der Waals surface area contributed by atoms with E-state index in [2.05, 4.69) is 26.9 Å². The van der Waals surface area contributed by atoms with Gasteiger partial charge < -0.3 is 20.0 Å². The molecule has 0 bridgehead atoms. The van der Waals surface area contributed by atoms with E-state index in [9.17, 15) is 9.59 Å². The number of rotatable bonds is 5. The number of guanidine groups is 1. The van der Waals surface area contributed by atoms with Gasteiger partial charge in [-0.3, -0.25) is 19.5 Å². The Morgan fingerprint density at radius 2 is 1.54 bits per heavy atom. The maximum Gasteiger partial charge on any atom is 0.225 e. The minimum absolute atomic E-state index is 0.150. The Kier molecular flexibility index (Phi) is 7.53. The number of nitrogens with zero attached hydrogens (tertiary/aromatic N) is 5. The Bertz CT molecular complexity index is 561. The molecule has 0 unspecified atom stereocenters. The van der Waals surface area contributed by atoms with Crippen LogP contribution in [0.25, 0.3) is 0 Å². The smallest absolute Gasteiger partial charge is 0.225 e. The molecule has 0 atom stereocenters. The second-order valence-corrected chi connectivity index (χ2v) is 8.02. The van der Waals surface area contributed by atoms with Crippen molar-refractivity contribution in [3.8, 4) is 0 Å². The van der Waals surface area contributed by atoms with Gasteiger partial charge in [0.25, 0.3) is 0 Å². The van der Waals surface area contributed by atoms with Crippen LogP contribution in [0.3, 0.4) is 0 Å². The molecule has 158 valence electrons. The van der Waals surface area contributed by atoms with Gasteiger partial charge in [0.05, 0.1) is 6.54 Å². The van der Waals surface area contributed by atoms with E-state index in [-0.39, 0.29) is 5.91 Å². The summed E-state index contributed by atoms with van der Waals surface area (Å²) >= 11 is 0. The van der Waals surface area contributed by atoms with Gasteiger partial charge >= 0.3 is 0 Å². The van der Waals surface area contributed by atoms with Crippen LogP contribution in [0, 0.1) is 5.92 Å². The van der Waals surface area contributed by atoms with E-state index in [0.29, 0.717) is 11.8 Å². The molecule has 3 aliphatic rings. The zero-order chi connectivity index (χ0) is 19.9. The molecule has 0 spiro atoms. The average Bonchev–Trinajstić information content (AvgIpc) is 2.66. The van der Waals surface area contributed by atoms with Crippen LogP contribution in [-0.4, -0.2) is 109 Å². The summed E-state index contributed by atoms with van der Waals surface area (Å²) in [6, 6.07) is 0. The van der Waals surface area contributed by atoms with Crippen molar-refractivity contribution in [1.29, 1.82) is 0 Å². The highest BCUT2D eigenvalue weighted by Crippen LogP contribution is 2.28. The van der Waals surface area contributed by atoms with Crippen molar-refractivity contribution in [3.05, 3.63) is 0 Å². The third-order valence-corrected chi connectivity index (χ3v) is 6.18. The molecule has 0 radical (unpaired) electrons. The number of piperazine rings is 2. The lowest BCUT2D eigenvalue weighted by Gasteiger charge is -2.38. The number of nitrogens with one attached hydrogen (secondary N) is 1. The fraction of sp³-hybridized carbons (Fsp3) is 0.850. The van der Waals surface area contributed by atoms with Crippen LogP contribution in [0.1, 0.15) is 33.1 Å². The van der Waals surface area contributed by atoms with Gasteiger partial charge in [0.2, 0.25) is 11.8 Å². The fourth-order valence-corrected chi connectivity index (χ4v) is 4.06. The molecule has 1 aliphatic carbocycles. The molecule has 0 aromatic carbocycles. The molecule has 8 heteroatoms. The van der Waals surface area contributed by atoms with Gasteiger partial charge in [0.15, 0.2) is 5.96 Å². The number of carbonyl (C=O) groups excluding carboxylic acids is 2. The molecule has 28 heavy (non-hydrogen) atoms. The average molecular weight is 393 g/mol. The summed E-state index contributed by atoms with van der Waals surface area (Å²) in [5.41, 5.74) is 0. The molecule has 2 aliphatic heterocycles. The molecule has 2 amide bonds. The zero-order valence-electron chi connectivity index (χ0n) is 17.5. The van der Waals surface area contributed by atoms with Crippen molar-refractivity contribution in [3.63, 3.8) is 0 Å². The lowest BCUT2D eigenvalue weighted by Crippen LogP contribution is -2.53. The van der Waals surface area contributed by atoms with E-state index in [1.54, 1.807) is 6.92 Å². The van der Waals surface area contributed by atoms with Crippen molar-refractivity contribution in [2.75, 3.05) is 72.0 Å². The Morgan fingerprint density at radius 1 is 0.929 bits per heavy atom. The van der Waals surface area contributed by atoms with Crippen LogP contribution >= 0.6 is 0 Å². The fourth-order valence-electron chi connectivity index (χ4n) is 4.06. The predicted molar refractivity (Wildman–Crippen MR) is 110 cm³/mol. The van der Waals surface area contributed by atoms with E-state index >= 15 is 0 Å². The lowest BCUT2D eigenvalue weighted by molar-refractivity contribution is -0.140. The SMILES string of the molecule is CCNC(=NCCN1CCN(C(=O)C2CCC2)CC1)N1CCN(C(C)=O)CC1. The van der Waals surface area contributed by atoms with Crippen LogP contribution in [-0.2, 0) is 9.59 Å². The monoisotopic (exact) mass is 392 g/mol. The van der Waals surface area contributed by atoms with Crippen LogP contribution in [0.15, 0.2) is 4.99 Å². The van der Waals surface area contributed by atoms with Crippen molar-refractivity contribution < 1.29 is 9.59 Å². The molecular formula is C20H36N6O2. The highest BCUT2D eigenvalue weighted by molar-refractivity contribution is 5.81. The second-order valence-electron chi connectivity index (χ2n) is 8.02. The molecule has 8 nitrogen and oxygen atoms in total. The van der Waals surface area contributed by atoms with E-state index in [1.807, 2.05) is 4.90 Å². The summed E-state index contributed by atoms with van der Waals surface area (Å²) in [5.74, 6) is 1.78. The highest BCUT2D eigenvalue weighted by atomic mass is 16.2. The minimum atomic E-state index is 0.150. The lowest BCUT2D eigenvalue weighted by atomic mass is 9.84. The largest absolute Gasteiger partial charge is 0.357 e. The number of carbonyl (C=O) groups is 2. The molecule has 3 rings (SSSR count). The molecule has 3 fully saturated rings. The third kappa shape index (κ3) is 5.37. The minimum Gasteiger partial charge on any atom is -0.357 e. The van der Waals surface area contributed by atoms with Gasteiger partial charge in [-0.05, 0) is 19.8 Å². The maximum atomic E-state index is 12.3. The molecule has 1 N–H and O–H groups in total. The van der Waals surface area contributed by atoms with Crippen molar-refractivity contribution in [2.45, 2.75) is 33.1 Å².